The standard InChI is InChI=1S/C11H12F4N2O/c1-6(5-11(13,14)15)17-10(18)7-2-8(12)4-9(16)3-7/h2-4,6H,5,16H2,1H3,(H,17,18). The van der Waals surface area contributed by atoms with Crippen LogP contribution >= 0.6 is 0 Å². The van der Waals surface area contributed by atoms with Crippen LogP contribution in [0.5, 0.6) is 0 Å². The average molecular weight is 264 g/mol. The Kier molecular flexibility index (Phi) is 4.15. The highest BCUT2D eigenvalue weighted by atomic mass is 19.4. The van der Waals surface area contributed by atoms with E-state index in [2.05, 4.69) is 5.32 Å². The molecule has 1 rings (SSSR count). The third-order valence-corrected chi connectivity index (χ3v) is 2.10. The molecule has 0 fully saturated rings. The first-order valence-electron chi connectivity index (χ1n) is 5.11. The second-order valence-corrected chi connectivity index (χ2v) is 3.97. The number of hydrogen-bond donors (Lipinski definition) is 2. The Balaban J connectivity index is 2.70. The van der Waals surface area contributed by atoms with Crippen LogP contribution in [0.3, 0.4) is 0 Å². The minimum Gasteiger partial charge on any atom is -0.399 e. The van der Waals surface area contributed by atoms with Crippen molar-refractivity contribution in [3.63, 3.8) is 0 Å². The molecule has 0 radical (unpaired) electrons. The van der Waals surface area contributed by atoms with Gasteiger partial charge < -0.3 is 11.1 Å². The summed E-state index contributed by atoms with van der Waals surface area (Å²) >= 11 is 0. The van der Waals surface area contributed by atoms with E-state index in [4.69, 9.17) is 5.73 Å². The molecule has 18 heavy (non-hydrogen) atoms. The second kappa shape index (κ2) is 5.24. The maximum Gasteiger partial charge on any atom is 0.391 e. The van der Waals surface area contributed by atoms with Crippen LogP contribution in [0.1, 0.15) is 23.7 Å². The van der Waals surface area contributed by atoms with Crippen molar-refractivity contribution >= 4 is 11.6 Å². The van der Waals surface area contributed by atoms with Gasteiger partial charge in [-0.2, -0.15) is 13.2 Å². The van der Waals surface area contributed by atoms with Crippen LogP contribution in [-0.4, -0.2) is 18.1 Å². The lowest BCUT2D eigenvalue weighted by molar-refractivity contribution is -0.138. The molecule has 100 valence electrons. The zero-order valence-electron chi connectivity index (χ0n) is 9.51. The minimum atomic E-state index is -4.37. The number of halogens is 4. The monoisotopic (exact) mass is 264 g/mol. The molecular weight excluding hydrogens is 252 g/mol. The number of benzene rings is 1. The first kappa shape index (κ1) is 14.3. The van der Waals surface area contributed by atoms with E-state index in [1.807, 2.05) is 0 Å². The first-order chi connectivity index (χ1) is 8.17. The number of anilines is 1. The van der Waals surface area contributed by atoms with E-state index in [1.165, 1.54) is 13.0 Å². The first-order valence-corrected chi connectivity index (χ1v) is 5.11. The summed E-state index contributed by atoms with van der Waals surface area (Å²) < 4.78 is 49.1. The van der Waals surface area contributed by atoms with Crippen LogP contribution in [0, 0.1) is 5.82 Å². The summed E-state index contributed by atoms with van der Waals surface area (Å²) in [6.07, 6.45) is -5.52. The molecule has 0 aliphatic carbocycles. The van der Waals surface area contributed by atoms with E-state index in [-0.39, 0.29) is 11.3 Å². The maximum atomic E-state index is 13.0. The summed E-state index contributed by atoms with van der Waals surface area (Å²) in [7, 11) is 0. The average Bonchev–Trinajstić information content (AvgIpc) is 2.12. The van der Waals surface area contributed by atoms with Gasteiger partial charge in [-0.3, -0.25) is 4.79 Å². The van der Waals surface area contributed by atoms with Crippen molar-refractivity contribution in [3.8, 4) is 0 Å². The summed E-state index contributed by atoms with van der Waals surface area (Å²) in [6, 6.07) is 2.02. The number of nitrogens with one attached hydrogen (secondary N) is 1. The largest absolute Gasteiger partial charge is 0.399 e. The van der Waals surface area contributed by atoms with E-state index in [1.54, 1.807) is 0 Å². The van der Waals surface area contributed by atoms with Crippen molar-refractivity contribution in [2.45, 2.75) is 25.6 Å². The summed E-state index contributed by atoms with van der Waals surface area (Å²) in [5.74, 6) is -1.51. The Morgan fingerprint density at radius 3 is 2.50 bits per heavy atom. The molecule has 0 aliphatic rings. The Labute approximate surface area is 101 Å². The highest BCUT2D eigenvalue weighted by Crippen LogP contribution is 2.21. The molecule has 7 heteroatoms. The molecule has 0 aromatic heterocycles. The Bertz CT molecular complexity index is 425. The lowest BCUT2D eigenvalue weighted by atomic mass is 10.1. The molecule has 1 aromatic carbocycles. The van der Waals surface area contributed by atoms with E-state index in [0.717, 1.165) is 12.1 Å². The van der Waals surface area contributed by atoms with Crippen LogP contribution in [0.15, 0.2) is 18.2 Å². The molecule has 0 spiro atoms. The van der Waals surface area contributed by atoms with Gasteiger partial charge >= 0.3 is 6.18 Å². The van der Waals surface area contributed by atoms with Crippen molar-refractivity contribution in [2.24, 2.45) is 0 Å². The summed E-state index contributed by atoms with van der Waals surface area (Å²) in [4.78, 5) is 11.5. The fourth-order valence-corrected chi connectivity index (χ4v) is 1.45. The Hall–Kier alpha value is -1.79. The molecule has 0 aliphatic heterocycles. The van der Waals surface area contributed by atoms with Gasteiger partial charge in [-0.15, -0.1) is 0 Å². The topological polar surface area (TPSA) is 55.1 Å². The molecule has 1 atom stereocenters. The molecule has 3 nitrogen and oxygen atoms in total. The van der Waals surface area contributed by atoms with Gasteiger partial charge in [-0.05, 0) is 25.1 Å². The summed E-state index contributed by atoms with van der Waals surface area (Å²) in [6.45, 7) is 1.22. The number of hydrogen-bond acceptors (Lipinski definition) is 2. The summed E-state index contributed by atoms with van der Waals surface area (Å²) in [5.41, 5.74) is 5.25. The number of nitrogen functional groups attached to an aromatic ring is 1. The number of carbonyl (C=O) groups is 1. The van der Waals surface area contributed by atoms with Gasteiger partial charge in [-0.25, -0.2) is 4.39 Å². The number of alkyl halides is 3. The quantitative estimate of drug-likeness (QED) is 0.651. The van der Waals surface area contributed by atoms with Gasteiger partial charge in [0.1, 0.15) is 5.82 Å². The van der Waals surface area contributed by atoms with E-state index in [0.29, 0.717) is 0 Å². The van der Waals surface area contributed by atoms with Crippen molar-refractivity contribution < 1.29 is 22.4 Å². The number of carbonyl (C=O) groups excluding carboxylic acids is 1. The van der Waals surface area contributed by atoms with Gasteiger partial charge in [-0.1, -0.05) is 0 Å². The molecule has 3 N–H and O–H groups in total. The third-order valence-electron chi connectivity index (χ3n) is 2.10. The maximum absolute atomic E-state index is 13.0. The van der Waals surface area contributed by atoms with Crippen LogP contribution < -0.4 is 11.1 Å². The summed E-state index contributed by atoms with van der Waals surface area (Å²) in [5, 5.41) is 2.13. The van der Waals surface area contributed by atoms with E-state index in [9.17, 15) is 22.4 Å². The predicted molar refractivity (Wildman–Crippen MR) is 58.4 cm³/mol. The lowest BCUT2D eigenvalue weighted by Crippen LogP contribution is -2.36. The molecule has 1 unspecified atom stereocenters. The smallest absolute Gasteiger partial charge is 0.391 e. The second-order valence-electron chi connectivity index (χ2n) is 3.97. The van der Waals surface area contributed by atoms with Gasteiger partial charge in [0.05, 0.1) is 6.42 Å². The lowest BCUT2D eigenvalue weighted by Gasteiger charge is -2.16. The minimum absolute atomic E-state index is 0.0311. The van der Waals surface area contributed by atoms with Crippen molar-refractivity contribution in [1.29, 1.82) is 0 Å². The van der Waals surface area contributed by atoms with E-state index < -0.39 is 30.4 Å². The zero-order valence-corrected chi connectivity index (χ0v) is 9.51. The third kappa shape index (κ3) is 4.60. The van der Waals surface area contributed by atoms with Crippen LogP contribution in [0.2, 0.25) is 0 Å². The molecule has 0 saturated heterocycles. The fraction of sp³-hybridized carbons (Fsp3) is 0.364. The predicted octanol–water partition coefficient (Wildman–Crippen LogP) is 2.48. The Morgan fingerprint density at radius 2 is 2.00 bits per heavy atom. The molecule has 1 aromatic rings. The van der Waals surface area contributed by atoms with Crippen molar-refractivity contribution in [1.82, 2.24) is 5.32 Å². The zero-order chi connectivity index (χ0) is 13.9. The fourth-order valence-electron chi connectivity index (χ4n) is 1.45. The highest BCUT2D eigenvalue weighted by Gasteiger charge is 2.30. The molecule has 0 bridgehead atoms. The van der Waals surface area contributed by atoms with Crippen LogP contribution in [-0.2, 0) is 0 Å². The van der Waals surface area contributed by atoms with E-state index >= 15 is 0 Å². The molecule has 0 saturated carbocycles. The van der Waals surface area contributed by atoms with Gasteiger partial charge in [0.15, 0.2) is 0 Å². The molecular formula is C11H12F4N2O. The number of amides is 1. The molecule has 0 heterocycles. The van der Waals surface area contributed by atoms with Gasteiger partial charge in [0, 0.05) is 17.3 Å². The highest BCUT2D eigenvalue weighted by molar-refractivity contribution is 5.95. The van der Waals surface area contributed by atoms with Crippen molar-refractivity contribution in [2.75, 3.05) is 5.73 Å². The molecule has 1 amide bonds. The number of rotatable bonds is 3. The van der Waals surface area contributed by atoms with Gasteiger partial charge in [0.2, 0.25) is 0 Å². The van der Waals surface area contributed by atoms with Crippen LogP contribution in [0.25, 0.3) is 0 Å². The van der Waals surface area contributed by atoms with Gasteiger partial charge in [0.25, 0.3) is 5.91 Å². The number of nitrogens with two attached hydrogens (primary N) is 1. The normalized spacial score (nSPS) is 13.2. The SMILES string of the molecule is CC(CC(F)(F)F)NC(=O)c1cc(N)cc(F)c1. The Morgan fingerprint density at radius 1 is 1.39 bits per heavy atom. The van der Waals surface area contributed by atoms with Crippen molar-refractivity contribution in [3.05, 3.63) is 29.6 Å². The van der Waals surface area contributed by atoms with Crippen LogP contribution in [0.4, 0.5) is 23.2 Å².